The van der Waals surface area contributed by atoms with Gasteiger partial charge < -0.3 is 25.0 Å². The van der Waals surface area contributed by atoms with E-state index in [1.807, 2.05) is 4.90 Å². The summed E-state index contributed by atoms with van der Waals surface area (Å²) in [7, 11) is 3.15. The van der Waals surface area contributed by atoms with Crippen LogP contribution in [-0.2, 0) is 4.79 Å². The molecule has 1 saturated heterocycles. The van der Waals surface area contributed by atoms with Gasteiger partial charge in [-0.2, -0.15) is 0 Å². The van der Waals surface area contributed by atoms with Gasteiger partial charge in [-0.15, -0.1) is 0 Å². The number of likely N-dealkylation sites (tertiary alicyclic amines) is 1. The predicted octanol–water partition coefficient (Wildman–Crippen LogP) is 2.99. The SMILES string of the molecule is COc1ccc(OC)c(NCC(=O)Nc2ccc(C(=O)N3CCCC3)cc2)c1. The van der Waals surface area contributed by atoms with E-state index in [0.29, 0.717) is 28.4 Å². The number of carbonyl (C=O) groups excluding carboxylic acids is 2. The van der Waals surface area contributed by atoms with Gasteiger partial charge in [0.25, 0.3) is 5.91 Å². The number of anilines is 2. The summed E-state index contributed by atoms with van der Waals surface area (Å²) in [4.78, 5) is 26.5. The van der Waals surface area contributed by atoms with E-state index in [2.05, 4.69) is 10.6 Å². The molecule has 0 aromatic heterocycles. The number of nitrogens with one attached hydrogen (secondary N) is 2. The fraction of sp³-hybridized carbons (Fsp3) is 0.333. The molecule has 0 atom stereocenters. The highest BCUT2D eigenvalue weighted by atomic mass is 16.5. The Balaban J connectivity index is 1.55. The quantitative estimate of drug-likeness (QED) is 0.768. The molecule has 148 valence electrons. The molecule has 1 aliphatic rings. The van der Waals surface area contributed by atoms with Gasteiger partial charge in [0.2, 0.25) is 5.91 Å². The van der Waals surface area contributed by atoms with Gasteiger partial charge >= 0.3 is 0 Å². The lowest BCUT2D eigenvalue weighted by Crippen LogP contribution is -2.27. The molecular formula is C21H25N3O4. The number of methoxy groups -OCH3 is 2. The van der Waals surface area contributed by atoms with Gasteiger partial charge in [0, 0.05) is 30.4 Å². The molecule has 0 saturated carbocycles. The van der Waals surface area contributed by atoms with Crippen molar-refractivity contribution in [2.24, 2.45) is 0 Å². The average Bonchev–Trinajstić information content (AvgIpc) is 3.27. The van der Waals surface area contributed by atoms with Crippen molar-refractivity contribution in [2.45, 2.75) is 12.8 Å². The second-order valence-corrected chi connectivity index (χ2v) is 6.54. The maximum atomic E-state index is 12.4. The number of nitrogens with zero attached hydrogens (tertiary/aromatic N) is 1. The Morgan fingerprint density at radius 1 is 1.00 bits per heavy atom. The Morgan fingerprint density at radius 2 is 1.71 bits per heavy atom. The van der Waals surface area contributed by atoms with Crippen LogP contribution in [0.2, 0.25) is 0 Å². The number of carbonyl (C=O) groups is 2. The van der Waals surface area contributed by atoms with Crippen LogP contribution in [-0.4, -0.2) is 50.6 Å². The van der Waals surface area contributed by atoms with E-state index in [9.17, 15) is 9.59 Å². The van der Waals surface area contributed by atoms with Crippen molar-refractivity contribution in [3.63, 3.8) is 0 Å². The minimum atomic E-state index is -0.205. The molecule has 2 aromatic rings. The Kier molecular flexibility index (Phi) is 6.37. The Morgan fingerprint density at radius 3 is 2.36 bits per heavy atom. The van der Waals surface area contributed by atoms with Gasteiger partial charge in [-0.3, -0.25) is 9.59 Å². The zero-order chi connectivity index (χ0) is 19.9. The predicted molar refractivity (Wildman–Crippen MR) is 108 cm³/mol. The van der Waals surface area contributed by atoms with Crippen LogP contribution in [0.25, 0.3) is 0 Å². The van der Waals surface area contributed by atoms with Crippen LogP contribution < -0.4 is 20.1 Å². The molecule has 0 spiro atoms. The number of ether oxygens (including phenoxy) is 2. The van der Waals surface area contributed by atoms with Crippen molar-refractivity contribution in [1.29, 1.82) is 0 Å². The van der Waals surface area contributed by atoms with E-state index in [4.69, 9.17) is 9.47 Å². The monoisotopic (exact) mass is 383 g/mol. The lowest BCUT2D eigenvalue weighted by Gasteiger charge is -2.15. The van der Waals surface area contributed by atoms with Gasteiger partial charge in [-0.25, -0.2) is 0 Å². The molecule has 0 radical (unpaired) electrons. The number of amides is 2. The van der Waals surface area contributed by atoms with E-state index in [1.54, 1.807) is 56.7 Å². The number of hydrogen-bond acceptors (Lipinski definition) is 5. The van der Waals surface area contributed by atoms with E-state index in [1.165, 1.54) is 0 Å². The van der Waals surface area contributed by atoms with E-state index in [-0.39, 0.29) is 18.4 Å². The maximum Gasteiger partial charge on any atom is 0.253 e. The summed E-state index contributed by atoms with van der Waals surface area (Å²) in [5, 5.41) is 5.86. The van der Waals surface area contributed by atoms with Crippen LogP contribution in [0.1, 0.15) is 23.2 Å². The second kappa shape index (κ2) is 9.12. The molecule has 1 fully saturated rings. The lowest BCUT2D eigenvalue weighted by molar-refractivity contribution is -0.114. The highest BCUT2D eigenvalue weighted by molar-refractivity contribution is 5.96. The smallest absolute Gasteiger partial charge is 0.253 e. The van der Waals surface area contributed by atoms with E-state index in [0.717, 1.165) is 25.9 Å². The second-order valence-electron chi connectivity index (χ2n) is 6.54. The first-order valence-electron chi connectivity index (χ1n) is 9.26. The summed E-state index contributed by atoms with van der Waals surface area (Å²) in [5.74, 6) is 1.13. The van der Waals surface area contributed by atoms with E-state index >= 15 is 0 Å². The Bertz CT molecular complexity index is 830. The van der Waals surface area contributed by atoms with Crippen LogP contribution in [0.4, 0.5) is 11.4 Å². The fourth-order valence-electron chi connectivity index (χ4n) is 3.13. The molecule has 28 heavy (non-hydrogen) atoms. The molecule has 0 bridgehead atoms. The van der Waals surface area contributed by atoms with Crippen molar-refractivity contribution >= 4 is 23.2 Å². The average molecular weight is 383 g/mol. The summed E-state index contributed by atoms with van der Waals surface area (Å²) < 4.78 is 10.5. The molecule has 0 unspecified atom stereocenters. The standard InChI is InChI=1S/C21H25N3O4/c1-27-17-9-10-19(28-2)18(13-17)22-14-20(25)23-16-7-5-15(6-8-16)21(26)24-11-3-4-12-24/h5-10,13,22H,3-4,11-12,14H2,1-2H3,(H,23,25). The van der Waals surface area contributed by atoms with Crippen molar-refractivity contribution < 1.29 is 19.1 Å². The molecule has 0 aliphatic carbocycles. The van der Waals surface area contributed by atoms with Gasteiger partial charge in [-0.05, 0) is 49.2 Å². The third kappa shape index (κ3) is 4.73. The first-order valence-corrected chi connectivity index (χ1v) is 9.26. The van der Waals surface area contributed by atoms with Crippen LogP contribution in [0.5, 0.6) is 11.5 Å². The van der Waals surface area contributed by atoms with Crippen LogP contribution in [0, 0.1) is 0 Å². The first-order chi connectivity index (χ1) is 13.6. The molecule has 2 aromatic carbocycles. The summed E-state index contributed by atoms with van der Waals surface area (Å²) >= 11 is 0. The zero-order valence-electron chi connectivity index (χ0n) is 16.2. The van der Waals surface area contributed by atoms with Gasteiger partial charge in [0.1, 0.15) is 11.5 Å². The van der Waals surface area contributed by atoms with Crippen molar-refractivity contribution in [1.82, 2.24) is 4.90 Å². The highest BCUT2D eigenvalue weighted by Crippen LogP contribution is 2.28. The van der Waals surface area contributed by atoms with Gasteiger partial charge in [0.15, 0.2) is 0 Å². The Labute approximate surface area is 164 Å². The third-order valence-electron chi connectivity index (χ3n) is 4.65. The Hall–Kier alpha value is -3.22. The molecule has 2 amide bonds. The molecule has 7 nitrogen and oxygen atoms in total. The minimum absolute atomic E-state index is 0.0437. The molecule has 3 rings (SSSR count). The number of hydrogen-bond donors (Lipinski definition) is 2. The highest BCUT2D eigenvalue weighted by Gasteiger charge is 2.19. The lowest BCUT2D eigenvalue weighted by atomic mass is 10.2. The first kappa shape index (κ1) is 19.5. The van der Waals surface area contributed by atoms with Crippen LogP contribution in [0.15, 0.2) is 42.5 Å². The largest absolute Gasteiger partial charge is 0.497 e. The maximum absolute atomic E-state index is 12.4. The van der Waals surface area contributed by atoms with Crippen molar-refractivity contribution in [2.75, 3.05) is 44.5 Å². The summed E-state index contributed by atoms with van der Waals surface area (Å²) in [5.41, 5.74) is 1.95. The fourth-order valence-corrected chi connectivity index (χ4v) is 3.13. The van der Waals surface area contributed by atoms with Crippen molar-refractivity contribution in [3.8, 4) is 11.5 Å². The topological polar surface area (TPSA) is 79.9 Å². The number of benzene rings is 2. The third-order valence-corrected chi connectivity index (χ3v) is 4.65. The molecule has 2 N–H and O–H groups in total. The molecule has 1 heterocycles. The summed E-state index contributed by atoms with van der Waals surface area (Å²) in [6.45, 7) is 1.70. The zero-order valence-corrected chi connectivity index (χ0v) is 16.2. The van der Waals surface area contributed by atoms with Crippen LogP contribution in [0.3, 0.4) is 0 Å². The minimum Gasteiger partial charge on any atom is -0.497 e. The summed E-state index contributed by atoms with van der Waals surface area (Å²) in [6.07, 6.45) is 2.12. The molecule has 7 heteroatoms. The van der Waals surface area contributed by atoms with Crippen molar-refractivity contribution in [3.05, 3.63) is 48.0 Å². The van der Waals surface area contributed by atoms with Gasteiger partial charge in [-0.1, -0.05) is 0 Å². The molecule has 1 aliphatic heterocycles. The molecular weight excluding hydrogens is 358 g/mol. The van der Waals surface area contributed by atoms with Gasteiger partial charge in [0.05, 0.1) is 26.5 Å². The normalized spacial score (nSPS) is 13.1. The number of rotatable bonds is 7. The van der Waals surface area contributed by atoms with E-state index < -0.39 is 0 Å². The van der Waals surface area contributed by atoms with Crippen LogP contribution >= 0.6 is 0 Å². The summed E-state index contributed by atoms with van der Waals surface area (Å²) in [6, 6.07) is 12.3.